The van der Waals surface area contributed by atoms with Crippen LogP contribution in [0.5, 0.6) is 0 Å². The lowest BCUT2D eigenvalue weighted by atomic mass is 10.1. The Labute approximate surface area is 182 Å². The first-order valence-electron chi connectivity index (χ1n) is 11.1. The lowest BCUT2D eigenvalue weighted by molar-refractivity contribution is 0.499. The van der Waals surface area contributed by atoms with Gasteiger partial charge in [0, 0.05) is 58.2 Å². The van der Waals surface area contributed by atoms with E-state index in [2.05, 4.69) is 36.9 Å². The fourth-order valence-electron chi connectivity index (χ4n) is 4.67. The minimum absolute atomic E-state index is 0.0891. The Morgan fingerprint density at radius 1 is 0.968 bits per heavy atom. The van der Waals surface area contributed by atoms with Gasteiger partial charge < -0.3 is 14.7 Å². The van der Waals surface area contributed by atoms with E-state index in [4.69, 9.17) is 0 Å². The molecule has 0 N–H and O–H groups in total. The molecule has 0 amide bonds. The van der Waals surface area contributed by atoms with E-state index in [0.717, 1.165) is 62.0 Å². The Morgan fingerprint density at radius 2 is 1.71 bits per heavy atom. The number of hydrogen-bond donors (Lipinski definition) is 0. The highest BCUT2D eigenvalue weighted by Gasteiger charge is 2.22. The van der Waals surface area contributed by atoms with Crippen LogP contribution in [0.15, 0.2) is 41.6 Å². The highest BCUT2D eigenvalue weighted by atomic mass is 16.1. The maximum absolute atomic E-state index is 13.0. The second-order valence-corrected chi connectivity index (χ2v) is 8.68. The number of nitrogens with zero attached hydrogens (tertiary/aromatic N) is 7. The standard InChI is InChI=1S/C23H29N7O/c1-27(2)21-9-10-24-23(26-21)29-13-11-28(12-14-29)18-7-8-19-20(15-18)25-16-30(22(19)31)17-5-3-4-6-17/h7-10,15-17H,3-6,11-14H2,1-2H3. The Morgan fingerprint density at radius 3 is 2.45 bits per heavy atom. The number of rotatable bonds is 4. The van der Waals surface area contributed by atoms with E-state index in [1.54, 1.807) is 6.33 Å². The molecular weight excluding hydrogens is 390 g/mol. The zero-order valence-electron chi connectivity index (χ0n) is 18.2. The minimum Gasteiger partial charge on any atom is -0.368 e. The summed E-state index contributed by atoms with van der Waals surface area (Å²) in [6.45, 7) is 3.46. The summed E-state index contributed by atoms with van der Waals surface area (Å²) in [4.78, 5) is 33.3. The third-order valence-electron chi connectivity index (χ3n) is 6.50. The minimum atomic E-state index is 0.0891. The molecule has 0 atom stereocenters. The lowest BCUT2D eigenvalue weighted by Gasteiger charge is -2.36. The van der Waals surface area contributed by atoms with Gasteiger partial charge in [-0.1, -0.05) is 12.8 Å². The van der Waals surface area contributed by atoms with Gasteiger partial charge in [0.25, 0.3) is 5.56 Å². The van der Waals surface area contributed by atoms with Crippen molar-refractivity contribution in [2.75, 3.05) is 55.0 Å². The van der Waals surface area contributed by atoms with Crippen molar-refractivity contribution in [2.24, 2.45) is 0 Å². The molecule has 1 saturated carbocycles. The van der Waals surface area contributed by atoms with Crippen molar-refractivity contribution in [2.45, 2.75) is 31.7 Å². The molecule has 3 aromatic rings. The van der Waals surface area contributed by atoms with Crippen LogP contribution < -0.4 is 20.3 Å². The molecule has 1 aromatic carbocycles. The lowest BCUT2D eigenvalue weighted by Crippen LogP contribution is -2.47. The summed E-state index contributed by atoms with van der Waals surface area (Å²) in [5.41, 5.74) is 1.98. The van der Waals surface area contributed by atoms with Gasteiger partial charge in [-0.2, -0.15) is 4.98 Å². The average Bonchev–Trinajstić information content (AvgIpc) is 3.34. The average molecular weight is 420 g/mol. The first-order valence-corrected chi connectivity index (χ1v) is 11.1. The van der Waals surface area contributed by atoms with Crippen molar-refractivity contribution >= 4 is 28.4 Å². The van der Waals surface area contributed by atoms with Crippen LogP contribution in [0.25, 0.3) is 10.9 Å². The first-order chi connectivity index (χ1) is 15.1. The van der Waals surface area contributed by atoms with Crippen LogP contribution in [0.3, 0.4) is 0 Å². The molecule has 2 fully saturated rings. The van der Waals surface area contributed by atoms with E-state index in [9.17, 15) is 4.79 Å². The number of piperazine rings is 1. The monoisotopic (exact) mass is 419 g/mol. The van der Waals surface area contributed by atoms with Gasteiger partial charge in [0.1, 0.15) is 5.82 Å². The smallest absolute Gasteiger partial charge is 0.261 e. The van der Waals surface area contributed by atoms with Crippen molar-refractivity contribution < 1.29 is 0 Å². The Hall–Kier alpha value is -3.16. The van der Waals surface area contributed by atoms with Gasteiger partial charge in [0.15, 0.2) is 0 Å². The second kappa shape index (κ2) is 8.17. The highest BCUT2D eigenvalue weighted by Crippen LogP contribution is 2.29. The largest absolute Gasteiger partial charge is 0.368 e. The second-order valence-electron chi connectivity index (χ2n) is 8.68. The van der Waals surface area contributed by atoms with Gasteiger partial charge in [-0.25, -0.2) is 9.97 Å². The third kappa shape index (κ3) is 3.82. The number of fused-ring (bicyclic) bond motifs is 1. The number of anilines is 3. The van der Waals surface area contributed by atoms with Crippen molar-refractivity contribution in [3.05, 3.63) is 47.1 Å². The van der Waals surface area contributed by atoms with Gasteiger partial charge in [0.05, 0.1) is 17.2 Å². The third-order valence-corrected chi connectivity index (χ3v) is 6.50. The Kier molecular flexibility index (Phi) is 5.21. The molecule has 8 heteroatoms. The van der Waals surface area contributed by atoms with Gasteiger partial charge in [0.2, 0.25) is 5.95 Å². The summed E-state index contributed by atoms with van der Waals surface area (Å²) in [5.74, 6) is 1.69. The molecule has 1 aliphatic heterocycles. The number of aromatic nitrogens is 4. The summed E-state index contributed by atoms with van der Waals surface area (Å²) < 4.78 is 1.84. The quantitative estimate of drug-likeness (QED) is 0.644. The Balaban J connectivity index is 1.32. The maximum atomic E-state index is 13.0. The molecule has 0 radical (unpaired) electrons. The van der Waals surface area contributed by atoms with Crippen LogP contribution in [0.4, 0.5) is 17.5 Å². The zero-order valence-corrected chi connectivity index (χ0v) is 18.2. The zero-order chi connectivity index (χ0) is 21.4. The van der Waals surface area contributed by atoms with Gasteiger partial charge in [-0.15, -0.1) is 0 Å². The van der Waals surface area contributed by atoms with Crippen LogP contribution in [0.2, 0.25) is 0 Å². The summed E-state index contributed by atoms with van der Waals surface area (Å²) in [6, 6.07) is 8.28. The topological polar surface area (TPSA) is 70.4 Å². The van der Waals surface area contributed by atoms with Crippen LogP contribution in [-0.4, -0.2) is 59.8 Å². The summed E-state index contributed by atoms with van der Waals surface area (Å²) in [6.07, 6.45) is 8.12. The van der Waals surface area contributed by atoms with E-state index >= 15 is 0 Å². The molecule has 1 saturated heterocycles. The molecule has 0 bridgehead atoms. The molecule has 31 heavy (non-hydrogen) atoms. The number of hydrogen-bond acceptors (Lipinski definition) is 7. The molecule has 3 heterocycles. The fourth-order valence-corrected chi connectivity index (χ4v) is 4.67. The van der Waals surface area contributed by atoms with E-state index < -0.39 is 0 Å². The number of benzene rings is 1. The molecule has 2 aromatic heterocycles. The van der Waals surface area contributed by atoms with Crippen molar-refractivity contribution in [1.82, 2.24) is 19.5 Å². The van der Waals surface area contributed by atoms with Crippen LogP contribution in [0, 0.1) is 0 Å². The SMILES string of the molecule is CN(C)c1ccnc(N2CCN(c3ccc4c(=O)n(C5CCCC5)cnc4c3)CC2)n1. The molecule has 2 aliphatic rings. The van der Waals surface area contributed by atoms with Gasteiger partial charge >= 0.3 is 0 Å². The molecule has 8 nitrogen and oxygen atoms in total. The maximum Gasteiger partial charge on any atom is 0.261 e. The van der Waals surface area contributed by atoms with Crippen LogP contribution in [0.1, 0.15) is 31.7 Å². The van der Waals surface area contributed by atoms with Gasteiger partial charge in [-0.3, -0.25) is 9.36 Å². The van der Waals surface area contributed by atoms with Crippen molar-refractivity contribution in [1.29, 1.82) is 0 Å². The summed E-state index contributed by atoms with van der Waals surface area (Å²) in [5, 5.41) is 0.714. The summed E-state index contributed by atoms with van der Waals surface area (Å²) >= 11 is 0. The molecule has 5 rings (SSSR count). The van der Waals surface area contributed by atoms with E-state index in [1.807, 2.05) is 41.9 Å². The predicted octanol–water partition coefficient (Wildman–Crippen LogP) is 2.69. The molecule has 162 valence electrons. The Bertz CT molecular complexity index is 1130. The normalized spacial score (nSPS) is 17.5. The van der Waals surface area contributed by atoms with E-state index in [1.165, 1.54) is 12.8 Å². The summed E-state index contributed by atoms with van der Waals surface area (Å²) in [7, 11) is 3.97. The van der Waals surface area contributed by atoms with Crippen LogP contribution in [-0.2, 0) is 0 Å². The van der Waals surface area contributed by atoms with E-state index in [0.29, 0.717) is 11.4 Å². The van der Waals surface area contributed by atoms with Crippen molar-refractivity contribution in [3.8, 4) is 0 Å². The first kappa shape index (κ1) is 19.8. The fraction of sp³-hybridized carbons (Fsp3) is 0.478. The van der Waals surface area contributed by atoms with Crippen LogP contribution >= 0.6 is 0 Å². The van der Waals surface area contributed by atoms with Crippen molar-refractivity contribution in [3.63, 3.8) is 0 Å². The molecular formula is C23H29N7O. The predicted molar refractivity (Wildman–Crippen MR) is 124 cm³/mol. The van der Waals surface area contributed by atoms with E-state index in [-0.39, 0.29) is 5.56 Å². The molecule has 1 aliphatic carbocycles. The highest BCUT2D eigenvalue weighted by molar-refractivity contribution is 5.81. The molecule has 0 spiro atoms. The molecule has 0 unspecified atom stereocenters. The van der Waals surface area contributed by atoms with Gasteiger partial charge in [-0.05, 0) is 37.1 Å².